The van der Waals surface area contributed by atoms with Gasteiger partial charge in [0.05, 0.1) is 0 Å². The zero-order valence-electron chi connectivity index (χ0n) is 7.69. The zero-order valence-corrected chi connectivity index (χ0v) is 7.69. The molecule has 0 amide bonds. The molecule has 0 aromatic carbocycles. The van der Waals surface area contributed by atoms with E-state index in [4.69, 9.17) is 0 Å². The van der Waals surface area contributed by atoms with Crippen LogP contribution in [0.2, 0.25) is 0 Å². The standard InChI is InChI=1S/C10H19N/c1-8(2)9-10(4-3-5-10)6-7-11-9/h8-9,11H,3-7H2,1-2H3. The van der Waals surface area contributed by atoms with Crippen molar-refractivity contribution in [1.82, 2.24) is 5.32 Å². The van der Waals surface area contributed by atoms with Gasteiger partial charge in [0.25, 0.3) is 0 Å². The summed E-state index contributed by atoms with van der Waals surface area (Å²) in [5, 5.41) is 3.65. The fourth-order valence-corrected chi connectivity index (χ4v) is 2.98. The first kappa shape index (κ1) is 7.60. The number of hydrogen-bond donors (Lipinski definition) is 1. The number of nitrogens with one attached hydrogen (secondary N) is 1. The van der Waals surface area contributed by atoms with Gasteiger partial charge in [0.15, 0.2) is 0 Å². The van der Waals surface area contributed by atoms with Gasteiger partial charge in [0.1, 0.15) is 0 Å². The van der Waals surface area contributed by atoms with Crippen molar-refractivity contribution in [1.29, 1.82) is 0 Å². The van der Waals surface area contributed by atoms with Crippen molar-refractivity contribution < 1.29 is 0 Å². The first-order valence-electron chi connectivity index (χ1n) is 4.98. The molecule has 2 aliphatic rings. The summed E-state index contributed by atoms with van der Waals surface area (Å²) in [6, 6.07) is 0.830. The monoisotopic (exact) mass is 153 g/mol. The quantitative estimate of drug-likeness (QED) is 0.609. The molecule has 1 heteroatoms. The van der Waals surface area contributed by atoms with Crippen LogP contribution in [0.4, 0.5) is 0 Å². The van der Waals surface area contributed by atoms with Gasteiger partial charge in [-0.3, -0.25) is 0 Å². The van der Waals surface area contributed by atoms with Crippen LogP contribution >= 0.6 is 0 Å². The average molecular weight is 153 g/mol. The maximum atomic E-state index is 3.65. The third kappa shape index (κ3) is 1.01. The fraction of sp³-hybridized carbons (Fsp3) is 1.00. The van der Waals surface area contributed by atoms with E-state index in [-0.39, 0.29) is 0 Å². The summed E-state index contributed by atoms with van der Waals surface area (Å²) < 4.78 is 0. The molecule has 2 rings (SSSR count). The Balaban J connectivity index is 2.07. The summed E-state index contributed by atoms with van der Waals surface area (Å²) in [4.78, 5) is 0. The molecule has 1 atom stereocenters. The minimum atomic E-state index is 0.744. The molecule has 64 valence electrons. The predicted octanol–water partition coefficient (Wildman–Crippen LogP) is 2.17. The van der Waals surface area contributed by atoms with Crippen molar-refractivity contribution in [3.63, 3.8) is 0 Å². The lowest BCUT2D eigenvalue weighted by Gasteiger charge is -2.44. The molecular weight excluding hydrogens is 134 g/mol. The Labute approximate surface area is 69.6 Å². The maximum absolute atomic E-state index is 3.65. The summed E-state index contributed by atoms with van der Waals surface area (Å²) in [5.74, 6) is 0.831. The van der Waals surface area contributed by atoms with E-state index in [9.17, 15) is 0 Å². The van der Waals surface area contributed by atoms with Gasteiger partial charge >= 0.3 is 0 Å². The lowest BCUT2D eigenvalue weighted by atomic mass is 9.62. The molecule has 11 heavy (non-hydrogen) atoms. The summed E-state index contributed by atoms with van der Waals surface area (Å²) >= 11 is 0. The highest BCUT2D eigenvalue weighted by Crippen LogP contribution is 2.50. The molecule has 1 spiro atoms. The van der Waals surface area contributed by atoms with E-state index in [1.807, 2.05) is 0 Å². The number of hydrogen-bond acceptors (Lipinski definition) is 1. The SMILES string of the molecule is CC(C)C1NCCC12CCC2. The van der Waals surface area contributed by atoms with E-state index >= 15 is 0 Å². The highest BCUT2D eigenvalue weighted by atomic mass is 15.0. The third-order valence-electron chi connectivity index (χ3n) is 3.66. The lowest BCUT2D eigenvalue weighted by Crippen LogP contribution is -2.44. The molecule has 1 aliphatic carbocycles. The van der Waals surface area contributed by atoms with Gasteiger partial charge in [0.2, 0.25) is 0 Å². The van der Waals surface area contributed by atoms with Crippen molar-refractivity contribution in [2.45, 2.75) is 45.6 Å². The Kier molecular flexibility index (Phi) is 1.71. The molecule has 1 aliphatic heterocycles. The highest BCUT2D eigenvalue weighted by Gasteiger charge is 2.47. The Morgan fingerprint density at radius 2 is 2.00 bits per heavy atom. The van der Waals surface area contributed by atoms with E-state index in [1.165, 1.54) is 32.2 Å². The minimum absolute atomic E-state index is 0.744. The fourth-order valence-electron chi connectivity index (χ4n) is 2.98. The Morgan fingerprint density at radius 3 is 2.36 bits per heavy atom. The largest absolute Gasteiger partial charge is 0.313 e. The molecular formula is C10H19N. The smallest absolute Gasteiger partial charge is 0.0147 e. The van der Waals surface area contributed by atoms with Gasteiger partial charge < -0.3 is 5.32 Å². The van der Waals surface area contributed by atoms with Gasteiger partial charge in [-0.1, -0.05) is 20.3 Å². The van der Waals surface area contributed by atoms with Crippen molar-refractivity contribution >= 4 is 0 Å². The second kappa shape index (κ2) is 2.48. The van der Waals surface area contributed by atoms with Gasteiger partial charge in [0, 0.05) is 6.04 Å². The van der Waals surface area contributed by atoms with E-state index < -0.39 is 0 Å². The van der Waals surface area contributed by atoms with Crippen LogP contribution in [0.5, 0.6) is 0 Å². The van der Waals surface area contributed by atoms with Crippen LogP contribution in [0, 0.1) is 11.3 Å². The first-order valence-corrected chi connectivity index (χ1v) is 4.98. The van der Waals surface area contributed by atoms with Gasteiger partial charge in [-0.25, -0.2) is 0 Å². The molecule has 1 saturated carbocycles. The van der Waals surface area contributed by atoms with E-state index in [2.05, 4.69) is 19.2 Å². The molecule has 1 N–H and O–H groups in total. The summed E-state index contributed by atoms with van der Waals surface area (Å²) in [7, 11) is 0. The molecule has 0 aromatic heterocycles. The van der Waals surface area contributed by atoms with Crippen LogP contribution in [0.1, 0.15) is 39.5 Å². The molecule has 1 heterocycles. The van der Waals surface area contributed by atoms with Crippen LogP contribution in [0.3, 0.4) is 0 Å². The van der Waals surface area contributed by atoms with Crippen molar-refractivity contribution in [3.8, 4) is 0 Å². The topological polar surface area (TPSA) is 12.0 Å². The van der Waals surface area contributed by atoms with Gasteiger partial charge in [-0.2, -0.15) is 0 Å². The van der Waals surface area contributed by atoms with Gasteiger partial charge in [-0.05, 0) is 37.1 Å². The summed E-state index contributed by atoms with van der Waals surface area (Å²) in [6.45, 7) is 5.97. The van der Waals surface area contributed by atoms with Crippen LogP contribution < -0.4 is 5.32 Å². The molecule has 1 nitrogen and oxygen atoms in total. The summed E-state index contributed by atoms with van der Waals surface area (Å²) in [6.07, 6.45) is 5.90. The van der Waals surface area contributed by atoms with Crippen LogP contribution in [-0.4, -0.2) is 12.6 Å². The Morgan fingerprint density at radius 1 is 1.27 bits per heavy atom. The molecule has 0 bridgehead atoms. The normalized spacial score (nSPS) is 34.6. The Bertz CT molecular complexity index is 147. The maximum Gasteiger partial charge on any atom is 0.0147 e. The Hall–Kier alpha value is -0.0400. The molecule has 1 saturated heterocycles. The first-order chi connectivity index (χ1) is 5.25. The molecule has 0 aromatic rings. The third-order valence-corrected chi connectivity index (χ3v) is 3.66. The number of rotatable bonds is 1. The average Bonchev–Trinajstić information content (AvgIpc) is 2.27. The van der Waals surface area contributed by atoms with Gasteiger partial charge in [-0.15, -0.1) is 0 Å². The minimum Gasteiger partial charge on any atom is -0.313 e. The molecule has 2 fully saturated rings. The zero-order chi connectivity index (χ0) is 7.90. The molecule has 1 unspecified atom stereocenters. The van der Waals surface area contributed by atoms with E-state index in [1.54, 1.807) is 0 Å². The van der Waals surface area contributed by atoms with Crippen molar-refractivity contribution in [2.75, 3.05) is 6.54 Å². The second-order valence-corrected chi connectivity index (χ2v) is 4.64. The van der Waals surface area contributed by atoms with Crippen molar-refractivity contribution in [3.05, 3.63) is 0 Å². The predicted molar refractivity (Wildman–Crippen MR) is 47.5 cm³/mol. The highest BCUT2D eigenvalue weighted by molar-refractivity contribution is 5.02. The second-order valence-electron chi connectivity index (χ2n) is 4.64. The van der Waals surface area contributed by atoms with Crippen LogP contribution in [0.15, 0.2) is 0 Å². The van der Waals surface area contributed by atoms with Crippen LogP contribution in [0.25, 0.3) is 0 Å². The van der Waals surface area contributed by atoms with Crippen LogP contribution in [-0.2, 0) is 0 Å². The summed E-state index contributed by atoms with van der Waals surface area (Å²) in [5.41, 5.74) is 0.744. The molecule has 0 radical (unpaired) electrons. The lowest BCUT2D eigenvalue weighted by molar-refractivity contribution is 0.0895. The van der Waals surface area contributed by atoms with Crippen molar-refractivity contribution in [2.24, 2.45) is 11.3 Å². The van der Waals surface area contributed by atoms with E-state index in [0.717, 1.165) is 17.4 Å². The van der Waals surface area contributed by atoms with E-state index in [0.29, 0.717) is 0 Å².